The number of aromatic hydroxyl groups is 1. The second-order valence-electron chi connectivity index (χ2n) is 10.6. The number of hydrogen-bond donors (Lipinski definition) is 2. The third-order valence-electron chi connectivity index (χ3n) is 7.67. The molecule has 1 saturated heterocycles. The van der Waals surface area contributed by atoms with E-state index in [0.29, 0.717) is 42.6 Å². The molecule has 0 aliphatic carbocycles. The number of likely N-dealkylation sites (tertiary alicyclic amines) is 1. The number of hydrogen-bond acceptors (Lipinski definition) is 9. The van der Waals surface area contributed by atoms with Gasteiger partial charge in [-0.1, -0.05) is 18.2 Å². The number of piperidine rings is 1. The molecule has 0 spiro atoms. The Morgan fingerprint density at radius 3 is 2.68 bits per heavy atom. The Kier molecular flexibility index (Phi) is 7.10. The van der Waals surface area contributed by atoms with Gasteiger partial charge in [-0.25, -0.2) is 9.97 Å². The number of rotatable bonds is 8. The van der Waals surface area contributed by atoms with E-state index in [-0.39, 0.29) is 29.7 Å². The van der Waals surface area contributed by atoms with Crippen LogP contribution in [-0.2, 0) is 17.9 Å². The van der Waals surface area contributed by atoms with E-state index in [4.69, 9.17) is 14.9 Å². The monoisotopic (exact) mass is 555 g/mol. The van der Waals surface area contributed by atoms with Crippen LogP contribution in [0.25, 0.3) is 0 Å². The molecule has 41 heavy (non-hydrogen) atoms. The Morgan fingerprint density at radius 1 is 1.07 bits per heavy atom. The summed E-state index contributed by atoms with van der Waals surface area (Å²) in [6.45, 7) is 2.43. The van der Waals surface area contributed by atoms with E-state index in [9.17, 15) is 19.5 Å². The highest BCUT2D eigenvalue weighted by Gasteiger charge is 2.35. The molecule has 6 rings (SSSR count). The number of aromatic nitrogens is 3. The number of carbonyl (C=O) groups excluding carboxylic acids is 1. The van der Waals surface area contributed by atoms with Crippen molar-refractivity contribution in [1.82, 2.24) is 19.4 Å². The molecule has 2 aliphatic rings. The topological polar surface area (TPSA) is 154 Å². The van der Waals surface area contributed by atoms with Crippen LogP contribution in [0.4, 0.5) is 0 Å². The van der Waals surface area contributed by atoms with Crippen LogP contribution in [0.15, 0.2) is 81.0 Å². The highest BCUT2D eigenvalue weighted by Crippen LogP contribution is 2.37. The van der Waals surface area contributed by atoms with Crippen molar-refractivity contribution in [1.29, 1.82) is 0 Å². The Morgan fingerprint density at radius 2 is 1.88 bits per heavy atom. The van der Waals surface area contributed by atoms with Crippen molar-refractivity contribution in [3.63, 3.8) is 0 Å². The van der Waals surface area contributed by atoms with Gasteiger partial charge in [-0.2, -0.15) is 0 Å². The largest absolute Gasteiger partial charge is 0.502 e. The van der Waals surface area contributed by atoms with Crippen molar-refractivity contribution >= 4 is 5.91 Å². The molecule has 210 valence electrons. The van der Waals surface area contributed by atoms with Crippen LogP contribution in [0.1, 0.15) is 47.5 Å². The normalized spacial score (nSPS) is 18.8. The van der Waals surface area contributed by atoms with Crippen LogP contribution in [0.3, 0.4) is 0 Å². The van der Waals surface area contributed by atoms with E-state index in [2.05, 4.69) is 14.9 Å². The van der Waals surface area contributed by atoms with Crippen molar-refractivity contribution in [2.24, 2.45) is 11.7 Å². The lowest BCUT2D eigenvalue weighted by Crippen LogP contribution is -2.46. The summed E-state index contributed by atoms with van der Waals surface area (Å²) in [6.07, 6.45) is 3.89. The SMILES string of the molecule is NC(=O)C[C@@H](c1cccc(Oc2ncccn2)c1)c1oc(CN2C[C@H]3C[C@@H](C2)c2cccc(=O)n2C3)cc(=O)c1O. The molecule has 1 aromatic carbocycles. The number of primary amides is 1. The number of fused-ring (bicyclic) bond motifs is 4. The summed E-state index contributed by atoms with van der Waals surface area (Å²) in [5.74, 6) is -0.803. The van der Waals surface area contributed by atoms with E-state index in [1.54, 1.807) is 54.9 Å². The zero-order valence-corrected chi connectivity index (χ0v) is 22.2. The van der Waals surface area contributed by atoms with Crippen molar-refractivity contribution in [3.05, 3.63) is 110 Å². The number of nitrogens with two attached hydrogens (primary N) is 1. The van der Waals surface area contributed by atoms with Gasteiger partial charge in [0, 0.05) is 62.2 Å². The first-order valence-corrected chi connectivity index (χ1v) is 13.4. The van der Waals surface area contributed by atoms with Gasteiger partial charge in [-0.15, -0.1) is 0 Å². The zero-order valence-electron chi connectivity index (χ0n) is 22.2. The van der Waals surface area contributed by atoms with Gasteiger partial charge in [0.15, 0.2) is 5.76 Å². The van der Waals surface area contributed by atoms with E-state index in [1.165, 1.54) is 6.07 Å². The summed E-state index contributed by atoms with van der Waals surface area (Å²) >= 11 is 0. The van der Waals surface area contributed by atoms with E-state index >= 15 is 0 Å². The van der Waals surface area contributed by atoms with Gasteiger partial charge >= 0.3 is 6.01 Å². The molecular weight excluding hydrogens is 526 g/mol. The maximum absolute atomic E-state index is 12.9. The van der Waals surface area contributed by atoms with Gasteiger partial charge in [-0.3, -0.25) is 19.3 Å². The highest BCUT2D eigenvalue weighted by atomic mass is 16.5. The Balaban J connectivity index is 1.29. The molecular formula is C30H29N5O6. The van der Waals surface area contributed by atoms with Crippen molar-refractivity contribution in [2.75, 3.05) is 13.1 Å². The quantitative estimate of drug-likeness (QED) is 0.334. The fourth-order valence-electron chi connectivity index (χ4n) is 6.02. The maximum Gasteiger partial charge on any atom is 0.321 e. The first-order valence-electron chi connectivity index (χ1n) is 13.4. The number of carbonyl (C=O) groups is 1. The summed E-state index contributed by atoms with van der Waals surface area (Å²) in [6, 6.07) is 15.3. The highest BCUT2D eigenvalue weighted by molar-refractivity contribution is 5.75. The average Bonchev–Trinajstić information content (AvgIpc) is 2.95. The van der Waals surface area contributed by atoms with E-state index < -0.39 is 23.0 Å². The Bertz CT molecular complexity index is 1700. The number of pyridine rings is 1. The van der Waals surface area contributed by atoms with Crippen molar-refractivity contribution < 1.29 is 19.1 Å². The molecule has 1 amide bonds. The summed E-state index contributed by atoms with van der Waals surface area (Å²) in [4.78, 5) is 47.7. The van der Waals surface area contributed by atoms with Gasteiger partial charge in [0.2, 0.25) is 17.1 Å². The summed E-state index contributed by atoms with van der Waals surface area (Å²) in [5.41, 5.74) is 6.58. The second kappa shape index (κ2) is 11.0. The average molecular weight is 556 g/mol. The lowest BCUT2D eigenvalue weighted by atomic mass is 9.83. The van der Waals surface area contributed by atoms with Crippen molar-refractivity contribution in [3.8, 4) is 17.5 Å². The summed E-state index contributed by atoms with van der Waals surface area (Å²) in [5, 5.41) is 10.8. The van der Waals surface area contributed by atoms with Crippen LogP contribution < -0.4 is 21.5 Å². The molecule has 4 aromatic rings. The van der Waals surface area contributed by atoms with Gasteiger partial charge < -0.3 is 24.6 Å². The number of benzene rings is 1. The zero-order chi connectivity index (χ0) is 28.5. The molecule has 0 saturated carbocycles. The Hall–Kier alpha value is -4.77. The molecule has 5 heterocycles. The molecule has 3 N–H and O–H groups in total. The second-order valence-corrected chi connectivity index (χ2v) is 10.6. The van der Waals surface area contributed by atoms with E-state index in [1.807, 2.05) is 10.6 Å². The lowest BCUT2D eigenvalue weighted by molar-refractivity contribution is -0.118. The molecule has 11 nitrogen and oxygen atoms in total. The number of amides is 1. The van der Waals surface area contributed by atoms with Gasteiger partial charge in [0.1, 0.15) is 11.5 Å². The van der Waals surface area contributed by atoms with Crippen LogP contribution in [0.5, 0.6) is 17.5 Å². The molecule has 2 aliphatic heterocycles. The van der Waals surface area contributed by atoms with Crippen LogP contribution in [0.2, 0.25) is 0 Å². The number of ether oxygens (including phenoxy) is 1. The minimum absolute atomic E-state index is 0.0195. The fourth-order valence-corrected chi connectivity index (χ4v) is 6.02. The first kappa shape index (κ1) is 26.5. The minimum atomic E-state index is -0.833. The minimum Gasteiger partial charge on any atom is -0.502 e. The molecule has 0 unspecified atom stereocenters. The van der Waals surface area contributed by atoms with E-state index in [0.717, 1.165) is 18.7 Å². The van der Waals surface area contributed by atoms with Gasteiger partial charge in [0.05, 0.1) is 12.5 Å². The van der Waals surface area contributed by atoms with Crippen LogP contribution in [-0.4, -0.2) is 43.5 Å². The third-order valence-corrected chi connectivity index (χ3v) is 7.67. The van der Waals surface area contributed by atoms with Gasteiger partial charge in [0.25, 0.3) is 5.56 Å². The molecule has 0 radical (unpaired) electrons. The Labute approximate surface area is 234 Å². The number of nitrogens with zero attached hydrogens (tertiary/aromatic N) is 4. The molecule has 2 bridgehead atoms. The molecule has 1 fully saturated rings. The standard InChI is InChI=1S/C30H29N5O6/c31-26(37)13-23(19-4-1-5-21(11-19)41-30-32-8-3-9-33-30)29-28(39)25(36)12-22(40-29)17-34-14-18-10-20(16-34)24-6-2-7-27(38)35(24)15-18/h1-9,11-12,18,20,23,39H,10,13-17H2,(H2,31,37)/t18-,20+,23+/m1/s1. The third kappa shape index (κ3) is 5.62. The van der Waals surface area contributed by atoms with Crippen LogP contribution >= 0.6 is 0 Å². The smallest absolute Gasteiger partial charge is 0.321 e. The predicted octanol–water partition coefficient (Wildman–Crippen LogP) is 2.72. The molecule has 3 aromatic heterocycles. The van der Waals surface area contributed by atoms with Crippen LogP contribution in [0, 0.1) is 5.92 Å². The summed E-state index contributed by atoms with van der Waals surface area (Å²) in [7, 11) is 0. The fraction of sp³-hybridized carbons (Fsp3) is 0.300. The predicted molar refractivity (Wildman–Crippen MR) is 148 cm³/mol. The lowest BCUT2D eigenvalue weighted by Gasteiger charge is -2.42. The molecule has 11 heteroatoms. The first-order chi connectivity index (χ1) is 19.8. The van der Waals surface area contributed by atoms with Gasteiger partial charge in [-0.05, 0) is 42.2 Å². The molecule has 3 atom stereocenters. The summed E-state index contributed by atoms with van der Waals surface area (Å²) < 4.78 is 13.8. The maximum atomic E-state index is 12.9. The van der Waals surface area contributed by atoms with Crippen molar-refractivity contribution in [2.45, 2.75) is 37.8 Å².